The van der Waals surface area contributed by atoms with Crippen LogP contribution in [0.3, 0.4) is 0 Å². The Morgan fingerprint density at radius 1 is 1.07 bits per heavy atom. The Kier molecular flexibility index (Phi) is 6.63. The van der Waals surface area contributed by atoms with Gasteiger partial charge in [0.1, 0.15) is 5.56 Å². The lowest BCUT2D eigenvalue weighted by Crippen LogP contribution is -2.15. The molecule has 0 aliphatic carbocycles. The summed E-state index contributed by atoms with van der Waals surface area (Å²) in [6.07, 6.45) is 0.825. The number of methoxy groups -OCH3 is 1. The summed E-state index contributed by atoms with van der Waals surface area (Å²) < 4.78 is 12.1. The molecule has 1 aromatic heterocycles. The van der Waals surface area contributed by atoms with E-state index in [1.54, 1.807) is 20.1 Å². The van der Waals surface area contributed by atoms with E-state index in [0.717, 1.165) is 24.4 Å². The van der Waals surface area contributed by atoms with E-state index >= 15 is 0 Å². The van der Waals surface area contributed by atoms with Crippen molar-refractivity contribution in [3.63, 3.8) is 0 Å². The number of ether oxygens (including phenoxy) is 2. The number of nitrogens with zero attached hydrogens (tertiary/aromatic N) is 1. The summed E-state index contributed by atoms with van der Waals surface area (Å²) in [5, 5.41) is 19.6. The predicted molar refractivity (Wildman–Crippen MR) is 99.5 cm³/mol. The third-order valence-corrected chi connectivity index (χ3v) is 4.51. The molecule has 0 spiro atoms. The van der Waals surface area contributed by atoms with Crippen molar-refractivity contribution in [2.75, 3.05) is 20.3 Å². The highest BCUT2D eigenvalue weighted by molar-refractivity contribution is 6.01. The Bertz CT molecular complexity index is 853. The number of Topliss-reactive ketones (excluding diaryl/α,β-unsaturated/α-hetero) is 1. The molecule has 0 radical (unpaired) electrons. The summed E-state index contributed by atoms with van der Waals surface area (Å²) in [5.41, 5.74) is 2.49. The number of rotatable bonds is 8. The summed E-state index contributed by atoms with van der Waals surface area (Å²) in [4.78, 5) is 24.6. The minimum Gasteiger partial charge on any atom is -0.504 e. The number of hydrogen-bond acceptors (Lipinski definition) is 6. The molecule has 7 heteroatoms. The van der Waals surface area contributed by atoms with Gasteiger partial charge in [0.05, 0.1) is 0 Å². The minimum absolute atomic E-state index is 0.184. The van der Waals surface area contributed by atoms with Crippen LogP contribution in [0.1, 0.15) is 44.1 Å². The van der Waals surface area contributed by atoms with Crippen molar-refractivity contribution in [1.82, 2.24) is 4.57 Å². The molecule has 2 aromatic rings. The standard InChI is InChI=1S/C20H25NO6/c1-12-6-7-15(19(24)18(12)23)20(25)27-11-17(22)16-10-13(2)21(14(16)3)8-5-9-26-4/h6-7,10,23-24H,5,8-9,11H2,1-4H3. The van der Waals surface area contributed by atoms with Crippen molar-refractivity contribution in [2.45, 2.75) is 33.7 Å². The second-order valence-electron chi connectivity index (χ2n) is 6.41. The summed E-state index contributed by atoms with van der Waals surface area (Å²) in [6, 6.07) is 4.60. The highest BCUT2D eigenvalue weighted by Gasteiger charge is 2.20. The van der Waals surface area contributed by atoms with Gasteiger partial charge < -0.3 is 24.3 Å². The van der Waals surface area contributed by atoms with Gasteiger partial charge in [-0.05, 0) is 44.9 Å². The van der Waals surface area contributed by atoms with Crippen molar-refractivity contribution in [2.24, 2.45) is 0 Å². The van der Waals surface area contributed by atoms with Crippen molar-refractivity contribution in [1.29, 1.82) is 0 Å². The van der Waals surface area contributed by atoms with Crippen LogP contribution in [-0.4, -0.2) is 46.9 Å². The van der Waals surface area contributed by atoms with Crippen LogP contribution in [0.15, 0.2) is 18.2 Å². The van der Waals surface area contributed by atoms with E-state index in [4.69, 9.17) is 9.47 Å². The number of aromatic hydroxyl groups is 2. The van der Waals surface area contributed by atoms with Crippen LogP contribution in [0.25, 0.3) is 0 Å². The van der Waals surface area contributed by atoms with Gasteiger partial charge in [0.2, 0.25) is 5.78 Å². The van der Waals surface area contributed by atoms with Gasteiger partial charge in [-0.1, -0.05) is 6.07 Å². The largest absolute Gasteiger partial charge is 0.504 e. The quantitative estimate of drug-likeness (QED) is 0.319. The molecule has 2 rings (SSSR count). The lowest BCUT2D eigenvalue weighted by molar-refractivity contribution is 0.0471. The lowest BCUT2D eigenvalue weighted by atomic mass is 10.1. The maximum Gasteiger partial charge on any atom is 0.342 e. The van der Waals surface area contributed by atoms with E-state index in [9.17, 15) is 19.8 Å². The second-order valence-corrected chi connectivity index (χ2v) is 6.41. The minimum atomic E-state index is -0.870. The zero-order chi connectivity index (χ0) is 20.1. The summed E-state index contributed by atoms with van der Waals surface area (Å²) in [7, 11) is 1.64. The Morgan fingerprint density at radius 3 is 2.44 bits per heavy atom. The molecule has 27 heavy (non-hydrogen) atoms. The van der Waals surface area contributed by atoms with Crippen LogP contribution in [0.4, 0.5) is 0 Å². The van der Waals surface area contributed by atoms with Crippen LogP contribution in [0, 0.1) is 20.8 Å². The molecule has 146 valence electrons. The molecule has 1 heterocycles. The Hall–Kier alpha value is -2.80. The highest BCUT2D eigenvalue weighted by Crippen LogP contribution is 2.32. The van der Waals surface area contributed by atoms with Crippen LogP contribution in [0.5, 0.6) is 11.5 Å². The molecule has 0 saturated carbocycles. The van der Waals surface area contributed by atoms with E-state index in [2.05, 4.69) is 0 Å². The fourth-order valence-corrected chi connectivity index (χ4v) is 2.93. The Labute approximate surface area is 158 Å². The van der Waals surface area contributed by atoms with Gasteiger partial charge in [-0.3, -0.25) is 4.79 Å². The number of carbonyl (C=O) groups is 2. The molecule has 0 bridgehead atoms. The van der Waals surface area contributed by atoms with E-state index in [-0.39, 0.29) is 17.1 Å². The first kappa shape index (κ1) is 20.5. The monoisotopic (exact) mass is 375 g/mol. The second kappa shape index (κ2) is 8.73. The Morgan fingerprint density at radius 2 is 1.78 bits per heavy atom. The molecule has 0 aliphatic rings. The molecule has 0 unspecified atom stereocenters. The molecule has 0 amide bonds. The number of esters is 1. The third kappa shape index (κ3) is 4.49. The van der Waals surface area contributed by atoms with Gasteiger partial charge in [0, 0.05) is 37.2 Å². The maximum atomic E-state index is 12.5. The predicted octanol–water partition coefficient (Wildman–Crippen LogP) is 2.90. The first-order valence-electron chi connectivity index (χ1n) is 8.65. The van der Waals surface area contributed by atoms with Crippen LogP contribution in [-0.2, 0) is 16.0 Å². The van der Waals surface area contributed by atoms with E-state index < -0.39 is 18.3 Å². The molecule has 0 atom stereocenters. The molecule has 0 aliphatic heterocycles. The summed E-state index contributed by atoms with van der Waals surface area (Å²) >= 11 is 0. The number of aromatic nitrogens is 1. The Balaban J connectivity index is 2.07. The zero-order valence-corrected chi connectivity index (χ0v) is 16.0. The van der Waals surface area contributed by atoms with Gasteiger partial charge in [-0.25, -0.2) is 4.79 Å². The van der Waals surface area contributed by atoms with Gasteiger partial charge in [-0.2, -0.15) is 0 Å². The zero-order valence-electron chi connectivity index (χ0n) is 16.0. The number of phenolic OH excluding ortho intramolecular Hbond substituents is 2. The van der Waals surface area contributed by atoms with E-state index in [0.29, 0.717) is 17.7 Å². The SMILES string of the molecule is COCCCn1c(C)cc(C(=O)COC(=O)c2ccc(C)c(O)c2O)c1C. The first-order valence-corrected chi connectivity index (χ1v) is 8.65. The normalized spacial score (nSPS) is 10.8. The van der Waals surface area contributed by atoms with Crippen LogP contribution in [0.2, 0.25) is 0 Å². The maximum absolute atomic E-state index is 12.5. The van der Waals surface area contributed by atoms with Crippen molar-refractivity contribution in [3.05, 3.63) is 46.3 Å². The molecule has 1 aromatic carbocycles. The molecular weight excluding hydrogens is 350 g/mol. The summed E-state index contributed by atoms with van der Waals surface area (Å²) in [5.74, 6) is -2.13. The molecule has 7 nitrogen and oxygen atoms in total. The molecule has 2 N–H and O–H groups in total. The molecule has 0 saturated heterocycles. The van der Waals surface area contributed by atoms with E-state index in [1.807, 2.05) is 18.4 Å². The van der Waals surface area contributed by atoms with E-state index in [1.165, 1.54) is 12.1 Å². The van der Waals surface area contributed by atoms with Crippen LogP contribution >= 0.6 is 0 Å². The van der Waals surface area contributed by atoms with Gasteiger partial charge in [0.25, 0.3) is 0 Å². The number of ketones is 1. The topological polar surface area (TPSA) is 98.0 Å². The number of carbonyl (C=O) groups excluding carboxylic acids is 2. The summed E-state index contributed by atoms with van der Waals surface area (Å²) in [6.45, 7) is 6.26. The number of phenols is 2. The molecular formula is C20H25NO6. The van der Waals surface area contributed by atoms with Gasteiger partial charge in [0.15, 0.2) is 18.1 Å². The van der Waals surface area contributed by atoms with Crippen molar-refractivity contribution >= 4 is 11.8 Å². The van der Waals surface area contributed by atoms with Crippen molar-refractivity contribution < 1.29 is 29.3 Å². The fourth-order valence-electron chi connectivity index (χ4n) is 2.93. The smallest absolute Gasteiger partial charge is 0.342 e. The number of benzene rings is 1. The highest BCUT2D eigenvalue weighted by atomic mass is 16.5. The number of hydrogen-bond donors (Lipinski definition) is 2. The molecule has 0 fully saturated rings. The average molecular weight is 375 g/mol. The van der Waals surface area contributed by atoms with Gasteiger partial charge >= 0.3 is 5.97 Å². The average Bonchev–Trinajstić information content (AvgIpc) is 2.92. The lowest BCUT2D eigenvalue weighted by Gasteiger charge is -2.10. The van der Waals surface area contributed by atoms with Gasteiger partial charge in [-0.15, -0.1) is 0 Å². The fraction of sp³-hybridized carbons (Fsp3) is 0.400. The third-order valence-electron chi connectivity index (χ3n) is 4.51. The first-order chi connectivity index (χ1) is 12.8. The van der Waals surface area contributed by atoms with Crippen molar-refractivity contribution in [3.8, 4) is 11.5 Å². The van der Waals surface area contributed by atoms with Crippen LogP contribution < -0.4 is 0 Å². The number of aryl methyl sites for hydroxylation is 2.